The summed E-state index contributed by atoms with van der Waals surface area (Å²) in [5, 5.41) is 11.1. The van der Waals surface area contributed by atoms with Gasteiger partial charge in [0.15, 0.2) is 0 Å². The van der Waals surface area contributed by atoms with Gasteiger partial charge in [-0.25, -0.2) is 12.8 Å². The topological polar surface area (TPSA) is 80.5 Å². The van der Waals surface area contributed by atoms with Crippen LogP contribution in [0.3, 0.4) is 0 Å². The van der Waals surface area contributed by atoms with Gasteiger partial charge in [0.1, 0.15) is 5.82 Å². The van der Waals surface area contributed by atoms with Crippen molar-refractivity contribution >= 4 is 21.4 Å². The van der Waals surface area contributed by atoms with Gasteiger partial charge in [0, 0.05) is 6.07 Å². The van der Waals surface area contributed by atoms with E-state index in [2.05, 4.69) is 6.58 Å². The SMILES string of the molecule is C=CCN(c1cccc([N+](=O)[O-])c1C)S(=O)(=O)c1ccc(F)cc1. The van der Waals surface area contributed by atoms with Crippen LogP contribution in [-0.4, -0.2) is 19.9 Å². The number of sulfonamides is 1. The maximum absolute atomic E-state index is 13.1. The molecule has 6 nitrogen and oxygen atoms in total. The molecule has 0 aliphatic heterocycles. The number of nitro benzene ring substituents is 1. The van der Waals surface area contributed by atoms with Crippen LogP contribution in [0, 0.1) is 22.9 Å². The molecule has 8 heteroatoms. The van der Waals surface area contributed by atoms with Crippen molar-refractivity contribution in [1.29, 1.82) is 0 Å². The van der Waals surface area contributed by atoms with E-state index >= 15 is 0 Å². The molecule has 0 spiro atoms. The normalized spacial score (nSPS) is 11.1. The molecular weight excluding hydrogens is 335 g/mol. The molecule has 0 aliphatic carbocycles. The maximum Gasteiger partial charge on any atom is 0.274 e. The molecule has 0 aliphatic rings. The average Bonchev–Trinajstić information content (AvgIpc) is 2.53. The quantitative estimate of drug-likeness (QED) is 0.454. The number of benzene rings is 2. The summed E-state index contributed by atoms with van der Waals surface area (Å²) >= 11 is 0. The van der Waals surface area contributed by atoms with Crippen molar-refractivity contribution in [2.75, 3.05) is 10.8 Å². The Hall–Kier alpha value is -2.74. The van der Waals surface area contributed by atoms with Gasteiger partial charge in [-0.3, -0.25) is 14.4 Å². The van der Waals surface area contributed by atoms with Crippen molar-refractivity contribution in [1.82, 2.24) is 0 Å². The van der Waals surface area contributed by atoms with E-state index in [1.807, 2.05) is 0 Å². The van der Waals surface area contributed by atoms with Crippen LogP contribution in [0.2, 0.25) is 0 Å². The molecule has 0 bridgehead atoms. The van der Waals surface area contributed by atoms with Crippen molar-refractivity contribution < 1.29 is 17.7 Å². The van der Waals surface area contributed by atoms with Gasteiger partial charge in [-0.05, 0) is 37.3 Å². The molecule has 0 radical (unpaired) electrons. The van der Waals surface area contributed by atoms with E-state index in [1.54, 1.807) is 0 Å². The lowest BCUT2D eigenvalue weighted by molar-refractivity contribution is -0.385. The third kappa shape index (κ3) is 3.28. The summed E-state index contributed by atoms with van der Waals surface area (Å²) in [6.45, 7) is 4.93. The zero-order chi connectivity index (χ0) is 17.9. The van der Waals surface area contributed by atoms with Gasteiger partial charge >= 0.3 is 0 Å². The molecule has 2 aromatic carbocycles. The van der Waals surface area contributed by atoms with Gasteiger partial charge in [0.05, 0.1) is 27.6 Å². The molecule has 0 saturated heterocycles. The third-order valence-electron chi connectivity index (χ3n) is 3.44. The zero-order valence-corrected chi connectivity index (χ0v) is 13.7. The minimum Gasteiger partial charge on any atom is -0.262 e. The van der Waals surface area contributed by atoms with Crippen LogP contribution in [0.25, 0.3) is 0 Å². The Balaban J connectivity index is 2.62. The molecule has 0 atom stereocenters. The van der Waals surface area contributed by atoms with Gasteiger partial charge in [0.25, 0.3) is 15.7 Å². The summed E-state index contributed by atoms with van der Waals surface area (Å²) in [6.07, 6.45) is 1.37. The highest BCUT2D eigenvalue weighted by Crippen LogP contribution is 2.32. The van der Waals surface area contributed by atoms with E-state index in [4.69, 9.17) is 0 Å². The zero-order valence-electron chi connectivity index (χ0n) is 12.8. The summed E-state index contributed by atoms with van der Waals surface area (Å²) in [5.74, 6) is -0.559. The Bertz CT molecular complexity index is 879. The monoisotopic (exact) mass is 350 g/mol. The highest BCUT2D eigenvalue weighted by Gasteiger charge is 2.27. The minimum absolute atomic E-state index is 0.0816. The summed E-state index contributed by atoms with van der Waals surface area (Å²) in [5.41, 5.74) is 0.208. The van der Waals surface area contributed by atoms with E-state index in [0.29, 0.717) is 0 Å². The number of anilines is 1. The molecule has 2 aromatic rings. The van der Waals surface area contributed by atoms with E-state index in [9.17, 15) is 22.9 Å². The van der Waals surface area contributed by atoms with Crippen molar-refractivity contribution in [2.45, 2.75) is 11.8 Å². The Morgan fingerprint density at radius 3 is 2.42 bits per heavy atom. The van der Waals surface area contributed by atoms with E-state index < -0.39 is 20.8 Å². The van der Waals surface area contributed by atoms with Crippen LogP contribution in [0.5, 0.6) is 0 Å². The number of halogens is 1. The van der Waals surface area contributed by atoms with Crippen LogP contribution in [0.1, 0.15) is 5.56 Å². The van der Waals surface area contributed by atoms with Crippen molar-refractivity contribution in [3.63, 3.8) is 0 Å². The second kappa shape index (κ2) is 6.79. The fourth-order valence-corrected chi connectivity index (χ4v) is 3.75. The van der Waals surface area contributed by atoms with Crippen molar-refractivity contribution in [3.05, 3.63) is 76.6 Å². The molecule has 2 rings (SSSR count). The predicted molar refractivity (Wildman–Crippen MR) is 89.0 cm³/mol. The van der Waals surface area contributed by atoms with Crippen LogP contribution in [0.4, 0.5) is 15.8 Å². The first-order valence-electron chi connectivity index (χ1n) is 6.92. The standard InChI is InChI=1S/C16H15FN2O4S/c1-3-11-18(15-5-4-6-16(12(15)2)19(20)21)24(22,23)14-9-7-13(17)8-10-14/h3-10H,1,11H2,2H3. The summed E-state index contributed by atoms with van der Waals surface area (Å²) in [7, 11) is -4.03. The molecular formula is C16H15FN2O4S. The Morgan fingerprint density at radius 1 is 1.25 bits per heavy atom. The largest absolute Gasteiger partial charge is 0.274 e. The highest BCUT2D eigenvalue weighted by molar-refractivity contribution is 7.92. The Labute approximate surface area is 139 Å². The lowest BCUT2D eigenvalue weighted by Gasteiger charge is -2.24. The lowest BCUT2D eigenvalue weighted by atomic mass is 10.1. The van der Waals surface area contributed by atoms with E-state index in [-0.39, 0.29) is 28.4 Å². The minimum atomic E-state index is -4.03. The Kier molecular flexibility index (Phi) is 4.99. The molecule has 0 saturated carbocycles. The number of nitro groups is 1. The second-order valence-electron chi connectivity index (χ2n) is 4.96. The smallest absolute Gasteiger partial charge is 0.262 e. The maximum atomic E-state index is 13.1. The fraction of sp³-hybridized carbons (Fsp3) is 0.125. The summed E-state index contributed by atoms with van der Waals surface area (Å²) in [6, 6.07) is 8.57. The highest BCUT2D eigenvalue weighted by atomic mass is 32.2. The fourth-order valence-electron chi connectivity index (χ4n) is 2.26. The van der Waals surface area contributed by atoms with Gasteiger partial charge in [-0.15, -0.1) is 6.58 Å². The van der Waals surface area contributed by atoms with Crippen molar-refractivity contribution in [3.8, 4) is 0 Å². The Morgan fingerprint density at radius 2 is 1.88 bits per heavy atom. The molecule has 0 N–H and O–H groups in total. The van der Waals surface area contributed by atoms with E-state index in [1.165, 1.54) is 31.2 Å². The number of nitrogens with zero attached hydrogens (tertiary/aromatic N) is 2. The van der Waals surface area contributed by atoms with Gasteiger partial charge in [-0.1, -0.05) is 12.1 Å². The molecule has 0 fully saturated rings. The van der Waals surface area contributed by atoms with Crippen LogP contribution < -0.4 is 4.31 Å². The average molecular weight is 350 g/mol. The molecule has 24 heavy (non-hydrogen) atoms. The van der Waals surface area contributed by atoms with Crippen molar-refractivity contribution in [2.24, 2.45) is 0 Å². The van der Waals surface area contributed by atoms with Gasteiger partial charge in [0.2, 0.25) is 0 Å². The van der Waals surface area contributed by atoms with Gasteiger partial charge < -0.3 is 0 Å². The molecule has 0 heterocycles. The first kappa shape index (κ1) is 17.6. The molecule has 0 aromatic heterocycles. The van der Waals surface area contributed by atoms with Crippen LogP contribution >= 0.6 is 0 Å². The van der Waals surface area contributed by atoms with Crippen LogP contribution in [0.15, 0.2) is 60.0 Å². The molecule has 0 amide bonds. The lowest BCUT2D eigenvalue weighted by Crippen LogP contribution is -2.31. The van der Waals surface area contributed by atoms with E-state index in [0.717, 1.165) is 28.6 Å². The number of rotatable bonds is 6. The first-order chi connectivity index (χ1) is 11.3. The number of hydrogen-bond donors (Lipinski definition) is 0. The second-order valence-corrected chi connectivity index (χ2v) is 6.82. The molecule has 0 unspecified atom stereocenters. The first-order valence-corrected chi connectivity index (χ1v) is 8.36. The summed E-state index contributed by atoms with van der Waals surface area (Å²) < 4.78 is 39.8. The van der Waals surface area contributed by atoms with Gasteiger partial charge in [-0.2, -0.15) is 0 Å². The summed E-state index contributed by atoms with van der Waals surface area (Å²) in [4.78, 5) is 10.4. The predicted octanol–water partition coefficient (Wildman–Crippen LogP) is 3.42. The van der Waals surface area contributed by atoms with Crippen LogP contribution in [-0.2, 0) is 10.0 Å². The third-order valence-corrected chi connectivity index (χ3v) is 5.23. The number of hydrogen-bond acceptors (Lipinski definition) is 4. The molecule has 126 valence electrons.